The van der Waals surface area contributed by atoms with Crippen molar-refractivity contribution in [2.45, 2.75) is 20.8 Å². The zero-order valence-corrected chi connectivity index (χ0v) is 14.0. The number of carbonyl (C=O) groups is 4. The molecule has 1 aromatic rings. The molecule has 132 valence electrons. The van der Waals surface area contributed by atoms with E-state index in [1.165, 1.54) is 25.1 Å². The number of ketones is 1. The molecular formula is C16H17N3O6. The summed E-state index contributed by atoms with van der Waals surface area (Å²) >= 11 is 0. The number of rotatable bonds is 7. The van der Waals surface area contributed by atoms with Crippen LogP contribution in [0.3, 0.4) is 0 Å². The zero-order valence-electron chi connectivity index (χ0n) is 14.0. The zero-order chi connectivity index (χ0) is 19.0. The topological polar surface area (TPSA) is 126 Å². The number of Topliss-reactive ketones (excluding diaryl/α,β-unsaturated/α-hetero) is 1. The molecule has 0 saturated carbocycles. The van der Waals surface area contributed by atoms with E-state index >= 15 is 0 Å². The molecule has 0 fully saturated rings. The molecule has 0 aliphatic carbocycles. The first-order valence-corrected chi connectivity index (χ1v) is 7.16. The average molecular weight is 347 g/mol. The van der Waals surface area contributed by atoms with Crippen molar-refractivity contribution in [1.29, 1.82) is 5.26 Å². The van der Waals surface area contributed by atoms with Crippen LogP contribution in [-0.4, -0.2) is 36.8 Å². The molecule has 0 heterocycles. The maximum absolute atomic E-state index is 11.8. The largest absolute Gasteiger partial charge is 0.456 e. The highest BCUT2D eigenvalue weighted by atomic mass is 16.7. The molecular weight excluding hydrogens is 330 g/mol. The van der Waals surface area contributed by atoms with Crippen molar-refractivity contribution in [2.24, 2.45) is 0 Å². The molecule has 1 rings (SSSR count). The maximum atomic E-state index is 11.8. The van der Waals surface area contributed by atoms with Crippen LogP contribution in [0.15, 0.2) is 18.2 Å². The first-order valence-electron chi connectivity index (χ1n) is 7.16. The van der Waals surface area contributed by atoms with E-state index in [4.69, 9.17) is 4.84 Å². The lowest BCUT2D eigenvalue weighted by Gasteiger charge is -2.23. The summed E-state index contributed by atoms with van der Waals surface area (Å²) in [5.74, 6) is -2.23. The van der Waals surface area contributed by atoms with Crippen LogP contribution in [0.5, 0.6) is 0 Å². The lowest BCUT2D eigenvalue weighted by atomic mass is 10.1. The number of anilines is 2. The molecule has 0 radical (unpaired) electrons. The summed E-state index contributed by atoms with van der Waals surface area (Å²) in [5, 5.41) is 12.8. The molecule has 0 unspecified atom stereocenters. The van der Waals surface area contributed by atoms with Crippen molar-refractivity contribution in [2.75, 3.05) is 23.5 Å². The number of hydrogen-bond acceptors (Lipinski definition) is 8. The van der Waals surface area contributed by atoms with Crippen LogP contribution in [0.4, 0.5) is 11.4 Å². The number of benzene rings is 1. The molecule has 1 N–H and O–H groups in total. The van der Waals surface area contributed by atoms with E-state index in [2.05, 4.69) is 10.1 Å². The lowest BCUT2D eigenvalue weighted by molar-refractivity contribution is -0.145. The predicted molar refractivity (Wildman–Crippen MR) is 86.2 cm³/mol. The van der Waals surface area contributed by atoms with Crippen LogP contribution in [0.25, 0.3) is 0 Å². The average Bonchev–Trinajstić information content (AvgIpc) is 2.51. The van der Waals surface area contributed by atoms with Crippen LogP contribution in [0, 0.1) is 11.3 Å². The van der Waals surface area contributed by atoms with Crippen molar-refractivity contribution in [3.8, 4) is 6.07 Å². The monoisotopic (exact) mass is 347 g/mol. The summed E-state index contributed by atoms with van der Waals surface area (Å²) in [6.45, 7) is 2.84. The lowest BCUT2D eigenvalue weighted by Crippen LogP contribution is -2.31. The summed E-state index contributed by atoms with van der Waals surface area (Å²) in [7, 11) is 0. The number of nitrogens with zero attached hydrogens (tertiary/aromatic N) is 2. The van der Waals surface area contributed by atoms with E-state index in [0.717, 1.165) is 18.9 Å². The molecule has 0 saturated heterocycles. The van der Waals surface area contributed by atoms with Crippen molar-refractivity contribution >= 4 is 35.0 Å². The standard InChI is InChI=1S/C16H17N3O6/c1-10(20)8-19(25-12(3)22)15-6-4-5-14(13(15)7-17)18-16(23)9-24-11(2)21/h4-6H,8-9H2,1-3H3,(H,18,23). The number of carbonyl (C=O) groups excluding carboxylic acids is 4. The SMILES string of the molecule is CC(=O)CN(OC(C)=O)c1cccc(NC(=O)COC(C)=O)c1C#N. The number of ether oxygens (including phenoxy) is 1. The minimum Gasteiger partial charge on any atom is -0.456 e. The predicted octanol–water partition coefficient (Wildman–Crippen LogP) is 0.933. The Morgan fingerprint density at radius 1 is 1.16 bits per heavy atom. The highest BCUT2D eigenvalue weighted by Crippen LogP contribution is 2.27. The Hall–Kier alpha value is -3.41. The molecule has 0 bridgehead atoms. The second kappa shape index (κ2) is 9.02. The van der Waals surface area contributed by atoms with Gasteiger partial charge in [0.2, 0.25) is 0 Å². The summed E-state index contributed by atoms with van der Waals surface area (Å²) in [4.78, 5) is 50.1. The van der Waals surface area contributed by atoms with Gasteiger partial charge in [-0.05, 0) is 19.1 Å². The minimum absolute atomic E-state index is 0.0128. The Morgan fingerprint density at radius 3 is 2.36 bits per heavy atom. The van der Waals surface area contributed by atoms with Gasteiger partial charge in [0.1, 0.15) is 18.2 Å². The van der Waals surface area contributed by atoms with E-state index < -0.39 is 24.5 Å². The molecule has 1 amide bonds. The second-order valence-electron chi connectivity index (χ2n) is 4.96. The van der Waals surface area contributed by atoms with Gasteiger partial charge >= 0.3 is 11.9 Å². The summed E-state index contributed by atoms with van der Waals surface area (Å²) in [6.07, 6.45) is 0. The fourth-order valence-corrected chi connectivity index (χ4v) is 1.85. The maximum Gasteiger partial charge on any atom is 0.329 e. The van der Waals surface area contributed by atoms with Gasteiger partial charge in [-0.3, -0.25) is 19.2 Å². The summed E-state index contributed by atoms with van der Waals surface area (Å²) < 4.78 is 4.57. The smallest absolute Gasteiger partial charge is 0.329 e. The van der Waals surface area contributed by atoms with E-state index in [9.17, 15) is 24.4 Å². The molecule has 9 nitrogen and oxygen atoms in total. The summed E-state index contributed by atoms with van der Waals surface area (Å²) in [5.41, 5.74) is 0.247. The van der Waals surface area contributed by atoms with Gasteiger partial charge < -0.3 is 14.9 Å². The molecule has 0 spiro atoms. The Balaban J connectivity index is 3.14. The molecule has 1 aromatic carbocycles. The number of nitrogens with one attached hydrogen (secondary N) is 1. The fraction of sp³-hybridized carbons (Fsp3) is 0.312. The third-order valence-corrected chi connectivity index (χ3v) is 2.71. The number of hydrogen-bond donors (Lipinski definition) is 1. The van der Waals surface area contributed by atoms with Gasteiger partial charge in [0.25, 0.3) is 5.91 Å². The van der Waals surface area contributed by atoms with E-state index in [0.29, 0.717) is 0 Å². The van der Waals surface area contributed by atoms with E-state index in [1.54, 1.807) is 0 Å². The van der Waals surface area contributed by atoms with E-state index in [-0.39, 0.29) is 29.3 Å². The third kappa shape index (κ3) is 6.31. The van der Waals surface area contributed by atoms with Gasteiger partial charge in [0.05, 0.1) is 11.4 Å². The van der Waals surface area contributed by atoms with Crippen molar-refractivity contribution in [3.63, 3.8) is 0 Å². The Morgan fingerprint density at radius 2 is 1.84 bits per heavy atom. The van der Waals surface area contributed by atoms with Crippen LogP contribution < -0.4 is 10.4 Å². The van der Waals surface area contributed by atoms with Crippen molar-refractivity contribution in [3.05, 3.63) is 23.8 Å². The normalized spacial score (nSPS) is 9.52. The van der Waals surface area contributed by atoms with Gasteiger partial charge in [0.15, 0.2) is 12.4 Å². The molecule has 0 atom stereocenters. The van der Waals surface area contributed by atoms with Crippen molar-refractivity contribution < 1.29 is 28.8 Å². The third-order valence-electron chi connectivity index (χ3n) is 2.71. The Bertz CT molecular complexity index is 722. The Kier molecular flexibility index (Phi) is 7.09. The van der Waals surface area contributed by atoms with Gasteiger partial charge in [-0.25, -0.2) is 0 Å². The Labute approximate surface area is 144 Å². The molecule has 0 aliphatic rings. The van der Waals surface area contributed by atoms with Gasteiger partial charge in [-0.15, -0.1) is 0 Å². The van der Waals surface area contributed by atoms with Crippen LogP contribution >= 0.6 is 0 Å². The molecule has 0 aromatic heterocycles. The second-order valence-corrected chi connectivity index (χ2v) is 4.96. The first-order chi connectivity index (χ1) is 11.7. The quantitative estimate of drug-likeness (QED) is 0.570. The highest BCUT2D eigenvalue weighted by molar-refractivity contribution is 5.95. The molecule has 9 heteroatoms. The van der Waals surface area contributed by atoms with E-state index in [1.807, 2.05) is 6.07 Å². The van der Waals surface area contributed by atoms with Crippen LogP contribution in [-0.2, 0) is 28.8 Å². The van der Waals surface area contributed by atoms with Crippen LogP contribution in [0.2, 0.25) is 0 Å². The van der Waals surface area contributed by atoms with Gasteiger partial charge in [-0.2, -0.15) is 10.3 Å². The number of nitriles is 1. The number of hydroxylamine groups is 1. The molecule has 0 aliphatic heterocycles. The highest BCUT2D eigenvalue weighted by Gasteiger charge is 2.20. The first kappa shape index (κ1) is 19.6. The number of amides is 1. The van der Waals surface area contributed by atoms with Gasteiger partial charge in [-0.1, -0.05) is 6.07 Å². The fourth-order valence-electron chi connectivity index (χ4n) is 1.85. The van der Waals surface area contributed by atoms with Gasteiger partial charge in [0, 0.05) is 13.8 Å². The molecule has 25 heavy (non-hydrogen) atoms. The number of esters is 1. The van der Waals surface area contributed by atoms with Crippen molar-refractivity contribution in [1.82, 2.24) is 0 Å². The van der Waals surface area contributed by atoms with Crippen LogP contribution in [0.1, 0.15) is 26.3 Å². The summed E-state index contributed by atoms with van der Waals surface area (Å²) in [6, 6.07) is 6.32. The minimum atomic E-state index is -0.672.